The van der Waals surface area contributed by atoms with Crippen molar-refractivity contribution in [3.8, 4) is 0 Å². The van der Waals surface area contributed by atoms with Crippen LogP contribution >= 0.6 is 11.6 Å². The van der Waals surface area contributed by atoms with Crippen molar-refractivity contribution >= 4 is 11.6 Å². The molecule has 2 saturated heterocycles. The van der Waals surface area contributed by atoms with Gasteiger partial charge in [0.05, 0.1) is 5.88 Å². The second-order valence-corrected chi connectivity index (χ2v) is 5.61. The lowest BCUT2D eigenvalue weighted by Crippen LogP contribution is -2.37. The van der Waals surface area contributed by atoms with Crippen molar-refractivity contribution in [1.29, 1.82) is 0 Å². The van der Waals surface area contributed by atoms with Crippen LogP contribution in [-0.4, -0.2) is 39.5 Å². The number of H-pyrrole nitrogens is 1. The Bertz CT molecular complexity index is 625. The first-order chi connectivity index (χ1) is 9.41. The smallest absolute Gasteiger partial charge is 0.330 e. The average Bonchev–Trinajstić information content (AvgIpc) is 2.83. The van der Waals surface area contributed by atoms with Crippen LogP contribution in [0.3, 0.4) is 0 Å². The number of nitrogens with one attached hydrogen (secondary N) is 1. The highest BCUT2D eigenvalue weighted by Gasteiger charge is 2.55. The van der Waals surface area contributed by atoms with Gasteiger partial charge in [-0.25, -0.2) is 4.79 Å². The molecule has 4 atom stereocenters. The first-order valence-corrected chi connectivity index (χ1v) is 6.83. The highest BCUT2D eigenvalue weighted by molar-refractivity contribution is 6.18. The predicted octanol–water partition coefficient (Wildman–Crippen LogP) is 0.193. The summed E-state index contributed by atoms with van der Waals surface area (Å²) in [7, 11) is 0. The lowest BCUT2D eigenvalue weighted by Gasteiger charge is -2.24. The van der Waals surface area contributed by atoms with Crippen LogP contribution < -0.4 is 11.2 Å². The molecule has 3 rings (SSSR count). The molecule has 0 amide bonds. The Morgan fingerprint density at radius 2 is 2.05 bits per heavy atom. The molecule has 0 bridgehead atoms. The Labute approximate surface area is 119 Å². The molecule has 0 aliphatic carbocycles. The van der Waals surface area contributed by atoms with Gasteiger partial charge in [0.2, 0.25) is 0 Å². The summed E-state index contributed by atoms with van der Waals surface area (Å²) in [5, 5.41) is 0. The molecular formula is C12H15ClN2O5. The summed E-state index contributed by atoms with van der Waals surface area (Å²) in [4.78, 5) is 25.2. The van der Waals surface area contributed by atoms with Crippen molar-refractivity contribution in [2.45, 2.75) is 44.2 Å². The van der Waals surface area contributed by atoms with Gasteiger partial charge in [-0.2, -0.15) is 0 Å². The first kappa shape index (κ1) is 13.8. The number of hydrogen-bond acceptors (Lipinski definition) is 5. The number of fused-ring (bicyclic) bond motifs is 1. The zero-order valence-electron chi connectivity index (χ0n) is 11.0. The molecule has 2 aliphatic rings. The SMILES string of the molecule is CC1(C)O[C@@H]2[C@H](O1)[C@@H](CCl)O[C@H]2n1ccc(=O)[nH]c1=O. The van der Waals surface area contributed by atoms with Crippen molar-refractivity contribution < 1.29 is 14.2 Å². The summed E-state index contributed by atoms with van der Waals surface area (Å²) in [5.74, 6) is -0.525. The van der Waals surface area contributed by atoms with Crippen LogP contribution in [0, 0.1) is 0 Å². The van der Waals surface area contributed by atoms with E-state index in [2.05, 4.69) is 4.98 Å². The highest BCUT2D eigenvalue weighted by atomic mass is 35.5. The van der Waals surface area contributed by atoms with Gasteiger partial charge in [0, 0.05) is 12.3 Å². The topological polar surface area (TPSA) is 82.6 Å². The van der Waals surface area contributed by atoms with Gasteiger partial charge >= 0.3 is 5.69 Å². The van der Waals surface area contributed by atoms with Crippen molar-refractivity contribution in [3.05, 3.63) is 33.1 Å². The summed E-state index contributed by atoms with van der Waals surface area (Å²) in [6.45, 7) is 3.59. The van der Waals surface area contributed by atoms with E-state index in [1.54, 1.807) is 13.8 Å². The largest absolute Gasteiger partial charge is 0.348 e. The second-order valence-electron chi connectivity index (χ2n) is 5.30. The van der Waals surface area contributed by atoms with Crippen LogP contribution in [-0.2, 0) is 14.2 Å². The van der Waals surface area contributed by atoms with Crippen LogP contribution in [0.5, 0.6) is 0 Å². The fourth-order valence-corrected chi connectivity index (χ4v) is 2.88. The zero-order valence-corrected chi connectivity index (χ0v) is 11.8. The number of hydrogen-bond donors (Lipinski definition) is 1. The maximum Gasteiger partial charge on any atom is 0.330 e. The number of rotatable bonds is 2. The number of halogens is 1. The first-order valence-electron chi connectivity index (χ1n) is 6.30. The van der Waals surface area contributed by atoms with Gasteiger partial charge < -0.3 is 14.2 Å². The summed E-state index contributed by atoms with van der Waals surface area (Å²) in [6, 6.07) is 1.26. The molecule has 0 saturated carbocycles. The number of alkyl halides is 1. The van der Waals surface area contributed by atoms with E-state index in [0.717, 1.165) is 0 Å². The van der Waals surface area contributed by atoms with Gasteiger partial charge in [-0.15, -0.1) is 11.6 Å². The summed E-state index contributed by atoms with van der Waals surface area (Å²) < 4.78 is 18.6. The van der Waals surface area contributed by atoms with E-state index in [1.807, 2.05) is 0 Å². The molecule has 1 aromatic heterocycles. The highest BCUT2D eigenvalue weighted by Crippen LogP contribution is 2.42. The minimum atomic E-state index is -0.756. The molecule has 8 heteroatoms. The van der Waals surface area contributed by atoms with Crippen LogP contribution in [0.4, 0.5) is 0 Å². The van der Waals surface area contributed by atoms with Crippen LogP contribution in [0.2, 0.25) is 0 Å². The average molecular weight is 303 g/mol. The molecule has 110 valence electrons. The maximum absolute atomic E-state index is 11.9. The van der Waals surface area contributed by atoms with Crippen molar-refractivity contribution in [2.75, 3.05) is 5.88 Å². The molecular weight excluding hydrogens is 288 g/mol. The number of ether oxygens (including phenoxy) is 3. The van der Waals surface area contributed by atoms with Gasteiger partial charge in [0.25, 0.3) is 5.56 Å². The third-order valence-electron chi connectivity index (χ3n) is 3.40. The van der Waals surface area contributed by atoms with Crippen LogP contribution in [0.1, 0.15) is 20.1 Å². The van der Waals surface area contributed by atoms with Crippen molar-refractivity contribution in [1.82, 2.24) is 9.55 Å². The molecule has 3 heterocycles. The molecule has 0 radical (unpaired) electrons. The molecule has 0 aromatic carbocycles. The molecule has 1 N–H and O–H groups in total. The summed E-state index contributed by atoms with van der Waals surface area (Å²) in [5.41, 5.74) is -1.01. The minimum absolute atomic E-state index is 0.231. The predicted molar refractivity (Wildman–Crippen MR) is 69.8 cm³/mol. The molecule has 1 aromatic rings. The van der Waals surface area contributed by atoms with Gasteiger partial charge in [0.1, 0.15) is 18.3 Å². The van der Waals surface area contributed by atoms with E-state index < -0.39 is 29.4 Å². The van der Waals surface area contributed by atoms with E-state index in [-0.39, 0.29) is 18.1 Å². The third-order valence-corrected chi connectivity index (χ3v) is 3.71. The maximum atomic E-state index is 11.9. The molecule has 20 heavy (non-hydrogen) atoms. The van der Waals surface area contributed by atoms with Crippen LogP contribution in [0.15, 0.2) is 21.9 Å². The zero-order chi connectivity index (χ0) is 14.5. The van der Waals surface area contributed by atoms with E-state index in [9.17, 15) is 9.59 Å². The monoisotopic (exact) mass is 302 g/mol. The molecule has 0 spiro atoms. The summed E-state index contributed by atoms with van der Waals surface area (Å²) >= 11 is 5.88. The van der Waals surface area contributed by atoms with Gasteiger partial charge in [-0.1, -0.05) is 0 Å². The fourth-order valence-electron chi connectivity index (χ4n) is 2.63. The number of aromatic amines is 1. The van der Waals surface area contributed by atoms with Crippen molar-refractivity contribution in [2.24, 2.45) is 0 Å². The van der Waals surface area contributed by atoms with Gasteiger partial charge in [-0.3, -0.25) is 14.3 Å². The lowest BCUT2D eigenvalue weighted by atomic mass is 10.1. The standard InChI is InChI=1S/C12H15ClN2O5/c1-12(2)19-8-6(5-13)18-10(9(8)20-12)15-4-3-7(16)14-11(15)17/h3-4,6,8-10H,5H2,1-2H3,(H,14,16,17)/t6-,8-,9-,10-/m1/s1. The van der Waals surface area contributed by atoms with E-state index in [1.165, 1.54) is 16.8 Å². The van der Waals surface area contributed by atoms with E-state index in [0.29, 0.717) is 0 Å². The second kappa shape index (κ2) is 4.70. The third kappa shape index (κ3) is 2.20. The number of aromatic nitrogens is 2. The quantitative estimate of drug-likeness (QED) is 0.789. The summed E-state index contributed by atoms with van der Waals surface area (Å²) in [6.07, 6.45) is -0.445. The minimum Gasteiger partial charge on any atom is -0.348 e. The normalized spacial score (nSPS) is 35.1. The lowest BCUT2D eigenvalue weighted by molar-refractivity contribution is -0.194. The molecule has 2 aliphatic heterocycles. The van der Waals surface area contributed by atoms with Crippen LogP contribution in [0.25, 0.3) is 0 Å². The van der Waals surface area contributed by atoms with E-state index >= 15 is 0 Å². The van der Waals surface area contributed by atoms with Gasteiger partial charge in [-0.05, 0) is 13.8 Å². The molecule has 2 fully saturated rings. The molecule has 7 nitrogen and oxygen atoms in total. The Morgan fingerprint density at radius 1 is 1.35 bits per heavy atom. The Kier molecular flexibility index (Phi) is 3.24. The van der Waals surface area contributed by atoms with Gasteiger partial charge in [0.15, 0.2) is 12.0 Å². The number of nitrogens with zero attached hydrogens (tertiary/aromatic N) is 1. The van der Waals surface area contributed by atoms with Crippen molar-refractivity contribution in [3.63, 3.8) is 0 Å². The van der Waals surface area contributed by atoms with E-state index in [4.69, 9.17) is 25.8 Å². The fraction of sp³-hybridized carbons (Fsp3) is 0.667. The molecule has 0 unspecified atom stereocenters. The Morgan fingerprint density at radius 3 is 2.70 bits per heavy atom. The Balaban J connectivity index is 1.98. The Hall–Kier alpha value is -1.15.